The van der Waals surface area contributed by atoms with Crippen LogP contribution in [0.1, 0.15) is 34.6 Å². The van der Waals surface area contributed by atoms with Crippen molar-refractivity contribution >= 4 is 28.8 Å². The number of carbonyl (C=O) groups is 2. The molecular formula is C29H33F3N6O2. The lowest BCUT2D eigenvalue weighted by molar-refractivity contribution is -0.140. The first-order chi connectivity index (χ1) is 19.1. The number of halogens is 3. The Kier molecular flexibility index (Phi) is 9.45. The van der Waals surface area contributed by atoms with Crippen LogP contribution in [0.2, 0.25) is 0 Å². The van der Waals surface area contributed by atoms with E-state index in [0.29, 0.717) is 54.7 Å². The van der Waals surface area contributed by atoms with Crippen molar-refractivity contribution in [1.29, 1.82) is 0 Å². The summed E-state index contributed by atoms with van der Waals surface area (Å²) >= 11 is 0. The zero-order valence-electron chi connectivity index (χ0n) is 22.6. The number of nitrogens with one attached hydrogen (secondary N) is 2. The Bertz CT molecular complexity index is 1380. The van der Waals surface area contributed by atoms with Crippen molar-refractivity contribution in [2.45, 2.75) is 38.1 Å². The number of aldehydes is 1. The molecule has 11 heteroatoms. The van der Waals surface area contributed by atoms with Gasteiger partial charge in [-0.25, -0.2) is 0 Å². The number of likely N-dealkylation sites (N-methyl/N-ethyl adjacent to an activating group) is 1. The molecule has 40 heavy (non-hydrogen) atoms. The molecule has 1 aliphatic rings. The maximum atomic E-state index is 13.4. The fourth-order valence-electron chi connectivity index (χ4n) is 4.71. The number of rotatable bonds is 9. The van der Waals surface area contributed by atoms with E-state index in [-0.39, 0.29) is 24.2 Å². The topological polar surface area (TPSA) is 82.5 Å². The maximum absolute atomic E-state index is 13.4. The number of fused-ring (bicyclic) bond motifs is 1. The molecule has 1 amide bonds. The van der Waals surface area contributed by atoms with Gasteiger partial charge in [0.25, 0.3) is 0 Å². The van der Waals surface area contributed by atoms with E-state index in [1.165, 1.54) is 10.8 Å². The summed E-state index contributed by atoms with van der Waals surface area (Å²) in [4.78, 5) is 30.7. The van der Waals surface area contributed by atoms with Gasteiger partial charge in [0.05, 0.1) is 30.7 Å². The lowest BCUT2D eigenvalue weighted by Gasteiger charge is -2.33. The van der Waals surface area contributed by atoms with E-state index in [2.05, 4.69) is 27.5 Å². The molecule has 4 rings (SSSR count). The molecule has 1 saturated heterocycles. The van der Waals surface area contributed by atoms with Crippen LogP contribution < -0.4 is 10.6 Å². The minimum absolute atomic E-state index is 0.136. The molecule has 2 N–H and O–H groups in total. The molecule has 212 valence electrons. The third kappa shape index (κ3) is 8.07. The number of carbonyl (C=O) groups excluding carboxylic acids is 2. The molecule has 0 bridgehead atoms. The first-order valence-electron chi connectivity index (χ1n) is 13.1. The van der Waals surface area contributed by atoms with Gasteiger partial charge in [0.1, 0.15) is 12.2 Å². The fraction of sp³-hybridized carbons (Fsp3) is 0.414. The van der Waals surface area contributed by atoms with Gasteiger partial charge in [-0.15, -0.1) is 0 Å². The smallest absolute Gasteiger partial charge is 0.373 e. The van der Waals surface area contributed by atoms with Crippen LogP contribution in [-0.4, -0.2) is 84.0 Å². The van der Waals surface area contributed by atoms with Crippen LogP contribution in [0.4, 0.5) is 18.9 Å². The highest BCUT2D eigenvalue weighted by Crippen LogP contribution is 2.26. The van der Waals surface area contributed by atoms with Crippen molar-refractivity contribution in [3.63, 3.8) is 0 Å². The molecule has 8 nitrogen and oxygen atoms in total. The fourth-order valence-corrected chi connectivity index (χ4v) is 4.71. The zero-order chi connectivity index (χ0) is 28.7. The van der Waals surface area contributed by atoms with Crippen molar-refractivity contribution in [1.82, 2.24) is 24.7 Å². The Labute approximate surface area is 231 Å². The number of alkyl halides is 3. The zero-order valence-corrected chi connectivity index (χ0v) is 22.6. The first-order valence-corrected chi connectivity index (χ1v) is 13.1. The van der Waals surface area contributed by atoms with E-state index in [4.69, 9.17) is 0 Å². The summed E-state index contributed by atoms with van der Waals surface area (Å²) in [5.74, 6) is 5.89. The molecule has 1 aromatic carbocycles. The number of amides is 1. The van der Waals surface area contributed by atoms with Gasteiger partial charge in [-0.2, -0.15) is 13.2 Å². The van der Waals surface area contributed by atoms with Crippen LogP contribution in [0.15, 0.2) is 42.6 Å². The largest absolute Gasteiger partial charge is 0.406 e. The van der Waals surface area contributed by atoms with Crippen LogP contribution in [0, 0.1) is 11.8 Å². The highest BCUT2D eigenvalue weighted by atomic mass is 19.4. The number of piperidine rings is 1. The third-order valence-corrected chi connectivity index (χ3v) is 6.70. The van der Waals surface area contributed by atoms with Gasteiger partial charge in [0, 0.05) is 36.6 Å². The molecule has 1 aliphatic heterocycles. The molecular weight excluding hydrogens is 521 g/mol. The Hall–Kier alpha value is -3.88. The monoisotopic (exact) mass is 554 g/mol. The highest BCUT2D eigenvalue weighted by Gasteiger charge is 2.29. The average Bonchev–Trinajstić information content (AvgIpc) is 3.25. The number of hydrogen-bond donors (Lipinski definition) is 2. The summed E-state index contributed by atoms with van der Waals surface area (Å²) < 4.78 is 41.4. The molecule has 0 atom stereocenters. The number of anilines is 1. The summed E-state index contributed by atoms with van der Waals surface area (Å²) in [7, 11) is 3.76. The van der Waals surface area contributed by atoms with E-state index in [0.717, 1.165) is 18.4 Å². The minimum atomic E-state index is -4.39. The van der Waals surface area contributed by atoms with Crippen LogP contribution in [0.25, 0.3) is 10.9 Å². The number of pyridine rings is 1. The van der Waals surface area contributed by atoms with E-state index < -0.39 is 12.7 Å². The summed E-state index contributed by atoms with van der Waals surface area (Å²) in [5.41, 5.74) is 2.68. The third-order valence-electron chi connectivity index (χ3n) is 6.70. The number of aromatic nitrogens is 2. The molecule has 0 radical (unpaired) electrons. The van der Waals surface area contributed by atoms with Crippen LogP contribution in [0.3, 0.4) is 0 Å². The van der Waals surface area contributed by atoms with Gasteiger partial charge in [-0.1, -0.05) is 12.0 Å². The molecule has 0 aliphatic carbocycles. The number of likely N-dealkylation sites (tertiary alicyclic amines) is 1. The Morgan fingerprint density at radius 2 is 1.95 bits per heavy atom. The Balaban J connectivity index is 1.40. The SMILES string of the molecule is CN(C)CC(=O)N1CCC(NCc2ccc3c(c2)cc(C#CCNc2ccc(C=O)nc2)n3CC(F)(F)F)CC1. The number of nitrogens with zero attached hydrogens (tertiary/aromatic N) is 4. The second-order valence-electron chi connectivity index (χ2n) is 10.1. The minimum Gasteiger partial charge on any atom is -0.373 e. The average molecular weight is 555 g/mol. The van der Waals surface area contributed by atoms with Gasteiger partial charge in [-0.05, 0) is 68.8 Å². The van der Waals surface area contributed by atoms with E-state index in [9.17, 15) is 22.8 Å². The van der Waals surface area contributed by atoms with E-state index in [1.54, 1.807) is 24.3 Å². The normalized spacial score (nSPS) is 14.3. The number of hydrogen-bond acceptors (Lipinski definition) is 6. The van der Waals surface area contributed by atoms with Gasteiger partial charge < -0.3 is 25.0 Å². The Morgan fingerprint density at radius 1 is 1.18 bits per heavy atom. The summed E-state index contributed by atoms with van der Waals surface area (Å²) in [6, 6.07) is 10.7. The van der Waals surface area contributed by atoms with Gasteiger partial charge >= 0.3 is 6.18 Å². The predicted molar refractivity (Wildman–Crippen MR) is 148 cm³/mol. The second-order valence-corrected chi connectivity index (χ2v) is 10.1. The molecule has 3 heterocycles. The molecule has 1 fully saturated rings. The molecule has 0 spiro atoms. The summed E-state index contributed by atoms with van der Waals surface area (Å²) in [6.07, 6.45) is -0.543. The van der Waals surface area contributed by atoms with Crippen LogP contribution in [0.5, 0.6) is 0 Å². The van der Waals surface area contributed by atoms with E-state index in [1.807, 2.05) is 36.0 Å². The van der Waals surface area contributed by atoms with Crippen LogP contribution in [-0.2, 0) is 17.9 Å². The standard InChI is InChI=1S/C29H33F3N6O2/c1-36(2)18-28(40)37-12-9-23(10-13-37)34-16-21-5-8-27-22(14-21)15-26(38(27)20-29(30,31)32)4-3-11-33-24-6-7-25(19-39)35-17-24/h5-8,14-15,17,19,23,33-34H,9-13,16,18,20H2,1-2H3. The van der Waals surface area contributed by atoms with E-state index >= 15 is 0 Å². The van der Waals surface area contributed by atoms with Crippen molar-refractivity contribution in [3.05, 3.63) is 59.5 Å². The quantitative estimate of drug-likeness (QED) is 0.311. The number of benzene rings is 1. The van der Waals surface area contributed by atoms with Gasteiger partial charge in [0.15, 0.2) is 6.29 Å². The first kappa shape index (κ1) is 29.1. The van der Waals surface area contributed by atoms with Crippen molar-refractivity contribution < 1.29 is 22.8 Å². The molecule has 0 saturated carbocycles. The van der Waals surface area contributed by atoms with Crippen molar-refractivity contribution in [2.75, 3.05) is 45.6 Å². The summed E-state index contributed by atoms with van der Waals surface area (Å²) in [6.45, 7) is 1.47. The second kappa shape index (κ2) is 13.0. The molecule has 3 aromatic rings. The molecule has 2 aromatic heterocycles. The highest BCUT2D eigenvalue weighted by molar-refractivity contribution is 5.83. The predicted octanol–water partition coefficient (Wildman–Crippen LogP) is 3.52. The van der Waals surface area contributed by atoms with Gasteiger partial charge in [-0.3, -0.25) is 14.6 Å². The lowest BCUT2D eigenvalue weighted by Crippen LogP contribution is -2.47. The van der Waals surface area contributed by atoms with Crippen LogP contribution >= 0.6 is 0 Å². The maximum Gasteiger partial charge on any atom is 0.406 e. The van der Waals surface area contributed by atoms with Crippen molar-refractivity contribution in [2.24, 2.45) is 0 Å². The Morgan fingerprint density at radius 3 is 2.60 bits per heavy atom. The lowest BCUT2D eigenvalue weighted by atomic mass is 10.0. The summed E-state index contributed by atoms with van der Waals surface area (Å²) in [5, 5.41) is 7.25. The van der Waals surface area contributed by atoms with Crippen molar-refractivity contribution in [3.8, 4) is 11.8 Å². The van der Waals surface area contributed by atoms with Gasteiger partial charge in [0.2, 0.25) is 5.91 Å². The molecule has 0 unspecified atom stereocenters.